The van der Waals surface area contributed by atoms with Gasteiger partial charge in [-0.15, -0.1) is 5.11 Å². The Kier molecular flexibility index (Phi) is 3.58. The van der Waals surface area contributed by atoms with Crippen molar-refractivity contribution >= 4 is 5.82 Å². The van der Waals surface area contributed by atoms with Gasteiger partial charge < -0.3 is 10.1 Å². The maximum atomic E-state index is 8.60. The van der Waals surface area contributed by atoms with Gasteiger partial charge in [0.05, 0.1) is 19.5 Å². The van der Waals surface area contributed by atoms with E-state index < -0.39 is 0 Å². The lowest BCUT2D eigenvalue weighted by atomic mass is 10.5. The molecular formula is C7H10N6O. The number of likely N-dealkylation sites (N-methyl/N-ethyl adjacent to an activating group) is 1. The van der Waals surface area contributed by atoms with Crippen LogP contribution in [0.25, 0.3) is 0 Å². The van der Waals surface area contributed by atoms with E-state index in [1.54, 1.807) is 7.05 Å². The minimum atomic E-state index is 0.00118. The summed E-state index contributed by atoms with van der Waals surface area (Å²) in [7, 11) is 1.67. The molecule has 0 unspecified atom stereocenters. The molecule has 2 N–H and O–H groups in total. The van der Waals surface area contributed by atoms with E-state index in [0.717, 1.165) is 0 Å². The molecule has 0 aliphatic carbocycles. The minimum absolute atomic E-state index is 0.00118. The summed E-state index contributed by atoms with van der Waals surface area (Å²) in [5, 5.41) is 26.1. The molecule has 1 aromatic heterocycles. The van der Waals surface area contributed by atoms with Gasteiger partial charge in [-0.2, -0.15) is 5.26 Å². The molecule has 0 atom stereocenters. The third-order valence-corrected chi connectivity index (χ3v) is 1.45. The summed E-state index contributed by atoms with van der Waals surface area (Å²) in [6.07, 6.45) is 1.37. The summed E-state index contributed by atoms with van der Waals surface area (Å²) in [6.45, 7) is 0.386. The van der Waals surface area contributed by atoms with Crippen LogP contribution in [0.2, 0.25) is 0 Å². The number of nitrogens with zero attached hydrogens (tertiary/aromatic N) is 5. The quantitative estimate of drug-likeness (QED) is 0.528. The van der Waals surface area contributed by atoms with E-state index in [1.807, 2.05) is 6.07 Å². The standard InChI is InChI=1S/C7H10N6O/c1-13(2-3-14)12-11-7-6(4-8)9-5-10-7/h5,14H,2-3H2,1H3,(H,9,10)/b12-11+. The summed E-state index contributed by atoms with van der Waals surface area (Å²) >= 11 is 0. The average molecular weight is 194 g/mol. The molecule has 1 aromatic rings. The number of hydrogen-bond acceptors (Lipinski definition) is 5. The molecule has 0 radical (unpaired) electrons. The van der Waals surface area contributed by atoms with Crippen LogP contribution in [-0.2, 0) is 0 Å². The van der Waals surface area contributed by atoms with E-state index in [-0.39, 0.29) is 18.1 Å². The van der Waals surface area contributed by atoms with Crippen molar-refractivity contribution in [3.8, 4) is 6.07 Å². The molecule has 0 spiro atoms. The van der Waals surface area contributed by atoms with Crippen LogP contribution in [0.1, 0.15) is 5.69 Å². The van der Waals surface area contributed by atoms with Crippen LogP contribution in [0.5, 0.6) is 0 Å². The van der Waals surface area contributed by atoms with Crippen LogP contribution in [0.15, 0.2) is 16.7 Å². The van der Waals surface area contributed by atoms with Crippen LogP contribution in [0.3, 0.4) is 0 Å². The summed E-state index contributed by atoms with van der Waals surface area (Å²) in [4.78, 5) is 6.41. The predicted molar refractivity (Wildman–Crippen MR) is 47.5 cm³/mol. The molecule has 0 saturated heterocycles. The zero-order valence-electron chi connectivity index (χ0n) is 7.67. The van der Waals surface area contributed by atoms with Crippen LogP contribution in [0, 0.1) is 11.3 Å². The van der Waals surface area contributed by atoms with E-state index >= 15 is 0 Å². The number of rotatable bonds is 4. The number of hydrogen-bond donors (Lipinski definition) is 2. The third-order valence-electron chi connectivity index (χ3n) is 1.45. The van der Waals surface area contributed by atoms with Crippen molar-refractivity contribution in [3.05, 3.63) is 12.0 Å². The molecule has 14 heavy (non-hydrogen) atoms. The highest BCUT2D eigenvalue weighted by molar-refractivity contribution is 5.41. The molecule has 0 aliphatic heterocycles. The lowest BCUT2D eigenvalue weighted by molar-refractivity contribution is 0.219. The number of aromatic nitrogens is 2. The fraction of sp³-hybridized carbons (Fsp3) is 0.429. The Morgan fingerprint density at radius 3 is 3.21 bits per heavy atom. The first-order valence-corrected chi connectivity index (χ1v) is 3.95. The summed E-state index contributed by atoms with van der Waals surface area (Å²) in [6, 6.07) is 1.89. The Labute approximate surface area is 80.7 Å². The van der Waals surface area contributed by atoms with Crippen molar-refractivity contribution in [1.82, 2.24) is 15.0 Å². The zero-order valence-corrected chi connectivity index (χ0v) is 7.67. The highest BCUT2D eigenvalue weighted by Crippen LogP contribution is 2.12. The number of aliphatic hydroxyl groups excluding tert-OH is 1. The second-order valence-corrected chi connectivity index (χ2v) is 2.51. The zero-order chi connectivity index (χ0) is 10.4. The first-order chi connectivity index (χ1) is 6.77. The predicted octanol–water partition coefficient (Wildman–Crippen LogP) is 0.204. The first kappa shape index (κ1) is 10.1. The number of H-pyrrole nitrogens is 1. The molecule has 0 aliphatic rings. The molecule has 0 aromatic carbocycles. The van der Waals surface area contributed by atoms with Crippen molar-refractivity contribution in [2.75, 3.05) is 20.2 Å². The fourth-order valence-electron chi connectivity index (χ4n) is 0.753. The van der Waals surface area contributed by atoms with Gasteiger partial charge in [0.15, 0.2) is 5.69 Å². The average Bonchev–Trinajstić information content (AvgIpc) is 2.62. The van der Waals surface area contributed by atoms with Gasteiger partial charge in [-0.1, -0.05) is 5.22 Å². The van der Waals surface area contributed by atoms with E-state index in [4.69, 9.17) is 10.4 Å². The normalized spacial score (nSPS) is 10.4. The van der Waals surface area contributed by atoms with Crippen molar-refractivity contribution in [2.45, 2.75) is 0 Å². The van der Waals surface area contributed by atoms with Gasteiger partial charge in [-0.3, -0.25) is 5.01 Å². The topological polar surface area (TPSA) is 101 Å². The Bertz CT molecular complexity index is 351. The molecule has 1 rings (SSSR count). The van der Waals surface area contributed by atoms with E-state index in [1.165, 1.54) is 11.3 Å². The van der Waals surface area contributed by atoms with Gasteiger partial charge in [0.1, 0.15) is 6.07 Å². The number of imidazole rings is 1. The second-order valence-electron chi connectivity index (χ2n) is 2.51. The Balaban J connectivity index is 2.64. The van der Waals surface area contributed by atoms with E-state index in [2.05, 4.69) is 20.3 Å². The summed E-state index contributed by atoms with van der Waals surface area (Å²) in [5.41, 5.74) is 0.270. The monoisotopic (exact) mass is 194 g/mol. The van der Waals surface area contributed by atoms with Crippen LogP contribution >= 0.6 is 0 Å². The van der Waals surface area contributed by atoms with Crippen molar-refractivity contribution in [1.29, 1.82) is 5.26 Å². The Morgan fingerprint density at radius 1 is 1.79 bits per heavy atom. The molecule has 1 heterocycles. The van der Waals surface area contributed by atoms with Gasteiger partial charge in [0, 0.05) is 7.05 Å². The second kappa shape index (κ2) is 4.94. The lowest BCUT2D eigenvalue weighted by Gasteiger charge is -2.06. The fourth-order valence-corrected chi connectivity index (χ4v) is 0.753. The van der Waals surface area contributed by atoms with Crippen molar-refractivity contribution in [3.63, 3.8) is 0 Å². The van der Waals surface area contributed by atoms with Gasteiger partial charge in [-0.05, 0) is 0 Å². The van der Waals surface area contributed by atoms with Crippen LogP contribution in [0.4, 0.5) is 5.82 Å². The Hall–Kier alpha value is -1.94. The van der Waals surface area contributed by atoms with E-state index in [9.17, 15) is 0 Å². The van der Waals surface area contributed by atoms with Crippen LogP contribution in [-0.4, -0.2) is 40.3 Å². The molecule has 0 fully saturated rings. The van der Waals surface area contributed by atoms with Crippen molar-refractivity contribution in [2.24, 2.45) is 10.3 Å². The lowest BCUT2D eigenvalue weighted by Crippen LogP contribution is -2.14. The third kappa shape index (κ3) is 2.53. The molecular weight excluding hydrogens is 184 g/mol. The molecule has 0 amide bonds. The Morgan fingerprint density at radius 2 is 2.57 bits per heavy atom. The van der Waals surface area contributed by atoms with Gasteiger partial charge in [0.2, 0.25) is 5.82 Å². The molecule has 74 valence electrons. The van der Waals surface area contributed by atoms with Gasteiger partial charge >= 0.3 is 0 Å². The summed E-state index contributed by atoms with van der Waals surface area (Å²) < 4.78 is 0. The maximum Gasteiger partial charge on any atom is 0.212 e. The highest BCUT2D eigenvalue weighted by atomic mass is 16.3. The molecule has 7 heteroatoms. The van der Waals surface area contributed by atoms with Crippen molar-refractivity contribution < 1.29 is 5.11 Å². The minimum Gasteiger partial charge on any atom is -0.394 e. The first-order valence-electron chi connectivity index (χ1n) is 3.95. The molecule has 0 bridgehead atoms. The highest BCUT2D eigenvalue weighted by Gasteiger charge is 2.02. The number of aromatic amines is 1. The molecule has 7 nitrogen and oxygen atoms in total. The maximum absolute atomic E-state index is 8.60. The molecule has 0 saturated carbocycles. The number of aliphatic hydroxyl groups is 1. The van der Waals surface area contributed by atoms with E-state index in [0.29, 0.717) is 6.54 Å². The van der Waals surface area contributed by atoms with Gasteiger partial charge in [0.25, 0.3) is 0 Å². The number of nitrogens with one attached hydrogen (secondary N) is 1. The summed E-state index contributed by atoms with van der Waals surface area (Å²) in [5.74, 6) is 0.247. The van der Waals surface area contributed by atoms with Gasteiger partial charge in [-0.25, -0.2) is 4.98 Å². The largest absolute Gasteiger partial charge is 0.394 e. The number of nitriles is 1. The smallest absolute Gasteiger partial charge is 0.212 e. The SMILES string of the molecule is CN(CCO)/N=N/c1nc[nH]c1C#N. The van der Waals surface area contributed by atoms with Crippen LogP contribution < -0.4 is 0 Å².